The van der Waals surface area contributed by atoms with Gasteiger partial charge in [0.25, 0.3) is 5.91 Å². The molecule has 3 aromatic carbocycles. The number of rotatable bonds is 4. The molecule has 0 spiro atoms. The van der Waals surface area contributed by atoms with Gasteiger partial charge < -0.3 is 4.74 Å². The Morgan fingerprint density at radius 2 is 1.69 bits per heavy atom. The molecule has 1 aliphatic heterocycles. The first-order valence-electron chi connectivity index (χ1n) is 9.62. The Labute approximate surface area is 201 Å². The number of aliphatic imine (C=N–C) groups is 1. The Kier molecular flexibility index (Phi) is 6.53. The molecule has 32 heavy (non-hydrogen) atoms. The van der Waals surface area contributed by atoms with E-state index in [0.717, 1.165) is 15.7 Å². The summed E-state index contributed by atoms with van der Waals surface area (Å²) in [6.07, 6.45) is 1.59. The highest BCUT2D eigenvalue weighted by atomic mass is 79.9. The van der Waals surface area contributed by atoms with Gasteiger partial charge in [-0.1, -0.05) is 64.5 Å². The number of para-hydroxylation sites is 1. The van der Waals surface area contributed by atoms with Crippen LogP contribution in [0.2, 0.25) is 0 Å². The lowest BCUT2D eigenvalue weighted by atomic mass is 10.1. The van der Waals surface area contributed by atoms with Gasteiger partial charge in [0.05, 0.1) is 10.2 Å². The fourth-order valence-corrected chi connectivity index (χ4v) is 4.49. The molecule has 4 rings (SSSR count). The molecule has 0 atom stereocenters. The predicted molar refractivity (Wildman–Crippen MR) is 131 cm³/mol. The molecule has 1 amide bonds. The van der Waals surface area contributed by atoms with Crippen molar-refractivity contribution in [3.8, 4) is 5.75 Å². The van der Waals surface area contributed by atoms with Crippen molar-refractivity contribution < 1.29 is 14.3 Å². The molecule has 3 aromatic rings. The maximum atomic E-state index is 13.0. The first kappa shape index (κ1) is 22.0. The Morgan fingerprint density at radius 3 is 2.34 bits per heavy atom. The summed E-state index contributed by atoms with van der Waals surface area (Å²) in [4.78, 5) is 29.3. The van der Waals surface area contributed by atoms with Crippen molar-refractivity contribution in [3.63, 3.8) is 0 Å². The number of carbonyl (C=O) groups excluding carboxylic acids is 2. The Bertz CT molecular complexity index is 1240. The molecule has 160 valence electrons. The molecule has 1 heterocycles. The van der Waals surface area contributed by atoms with Crippen LogP contribution in [0.25, 0.3) is 6.08 Å². The maximum Gasteiger partial charge on any atom is 0.308 e. The quantitative estimate of drug-likeness (QED) is 0.263. The van der Waals surface area contributed by atoms with Crippen molar-refractivity contribution in [3.05, 3.63) is 98.6 Å². The Hall–Kier alpha value is -3.23. The smallest absolute Gasteiger partial charge is 0.308 e. The third-order valence-corrected chi connectivity index (χ3v) is 5.55. The lowest BCUT2D eigenvalue weighted by Gasteiger charge is -2.30. The number of hydrogen-bond donors (Lipinski definition) is 1. The van der Waals surface area contributed by atoms with Crippen molar-refractivity contribution in [2.45, 2.75) is 6.92 Å². The van der Waals surface area contributed by atoms with E-state index in [9.17, 15) is 9.59 Å². The minimum absolute atomic E-state index is 0.175. The first-order chi connectivity index (χ1) is 15.4. The third-order valence-electron chi connectivity index (χ3n) is 4.51. The summed E-state index contributed by atoms with van der Waals surface area (Å²) >= 11 is 6.85. The molecule has 0 unspecified atom stereocenters. The summed E-state index contributed by atoms with van der Waals surface area (Å²) in [5.74, 6) is 0.0107. The summed E-state index contributed by atoms with van der Waals surface area (Å²) in [7, 11) is 0. The molecule has 0 fully saturated rings. The minimum Gasteiger partial charge on any atom is -0.425 e. The highest BCUT2D eigenvalue weighted by molar-refractivity contribution is 9.11. The van der Waals surface area contributed by atoms with E-state index in [-0.39, 0.29) is 5.70 Å². The summed E-state index contributed by atoms with van der Waals surface area (Å²) in [5.41, 5.74) is 5.21. The normalized spacial score (nSPS) is 14.7. The zero-order chi connectivity index (χ0) is 22.7. The van der Waals surface area contributed by atoms with Crippen LogP contribution in [0.3, 0.4) is 0 Å². The number of benzene rings is 3. The largest absolute Gasteiger partial charge is 0.425 e. The van der Waals surface area contributed by atoms with Gasteiger partial charge in [0.2, 0.25) is 0 Å². The average Bonchev–Trinajstić information content (AvgIpc) is 2.78. The van der Waals surface area contributed by atoms with Crippen molar-refractivity contribution in [1.82, 2.24) is 5.43 Å². The molecule has 0 bridgehead atoms. The highest BCUT2D eigenvalue weighted by Crippen LogP contribution is 2.35. The molecule has 1 N–H and O–H groups in total. The van der Waals surface area contributed by atoms with Gasteiger partial charge >= 0.3 is 5.97 Å². The number of nitrogens with zero attached hydrogens (tertiary/aromatic N) is 2. The van der Waals surface area contributed by atoms with Gasteiger partial charge in [-0.05, 0) is 46.3 Å². The number of anilines is 1. The molecular formula is C24H17Br2N3O3. The van der Waals surface area contributed by atoms with Crippen molar-refractivity contribution in [1.29, 1.82) is 0 Å². The molecule has 6 nitrogen and oxygen atoms in total. The first-order valence-corrected chi connectivity index (χ1v) is 11.2. The van der Waals surface area contributed by atoms with E-state index < -0.39 is 11.9 Å². The van der Waals surface area contributed by atoms with Crippen LogP contribution in [0.4, 0.5) is 5.69 Å². The fourth-order valence-electron chi connectivity index (χ4n) is 3.16. The standard InChI is InChI=1S/C24H17Br2N3O3/c1-15(30)32-22-17(12-18(25)14-20(22)26)13-21-24(31)28-29(19-10-6-3-7-11-19)23(27-21)16-8-4-2-5-9-16/h2-14H,1H3,(H,28,31)/b21-13-. The van der Waals surface area contributed by atoms with Gasteiger partial charge in [-0.3, -0.25) is 15.0 Å². The van der Waals surface area contributed by atoms with Crippen LogP contribution in [0.5, 0.6) is 5.75 Å². The minimum atomic E-state index is -0.468. The molecule has 0 radical (unpaired) electrons. The second-order valence-electron chi connectivity index (χ2n) is 6.84. The Balaban J connectivity index is 1.86. The van der Waals surface area contributed by atoms with E-state index in [1.165, 1.54) is 6.92 Å². The summed E-state index contributed by atoms with van der Waals surface area (Å²) < 4.78 is 6.69. The number of nitrogens with one attached hydrogen (secondary N) is 1. The van der Waals surface area contributed by atoms with E-state index in [0.29, 0.717) is 21.6 Å². The number of halogens is 2. The van der Waals surface area contributed by atoms with Gasteiger partial charge in [0, 0.05) is 22.5 Å². The predicted octanol–water partition coefficient (Wildman–Crippen LogP) is 5.48. The van der Waals surface area contributed by atoms with E-state index in [4.69, 9.17) is 4.74 Å². The lowest BCUT2D eigenvalue weighted by molar-refractivity contribution is -0.132. The third kappa shape index (κ3) is 4.81. The molecule has 0 aromatic heterocycles. The number of ether oxygens (including phenoxy) is 1. The number of amides is 1. The van der Waals surface area contributed by atoms with E-state index in [1.807, 2.05) is 60.7 Å². The van der Waals surface area contributed by atoms with E-state index in [1.54, 1.807) is 23.2 Å². The SMILES string of the molecule is CC(=O)Oc1c(Br)cc(Br)cc1/C=C1\N=C(c2ccccc2)N(c2ccccc2)NC1=O. The second-order valence-corrected chi connectivity index (χ2v) is 8.61. The van der Waals surface area contributed by atoms with Crippen LogP contribution in [0, 0.1) is 0 Å². The van der Waals surface area contributed by atoms with Gasteiger partial charge in [-0.25, -0.2) is 10.0 Å². The van der Waals surface area contributed by atoms with Crippen LogP contribution in [0.1, 0.15) is 18.1 Å². The van der Waals surface area contributed by atoms with Crippen LogP contribution < -0.4 is 15.2 Å². The maximum absolute atomic E-state index is 13.0. The lowest BCUT2D eigenvalue weighted by Crippen LogP contribution is -2.50. The number of esters is 1. The summed E-state index contributed by atoms with van der Waals surface area (Å²) in [6.45, 7) is 1.32. The summed E-state index contributed by atoms with van der Waals surface area (Å²) in [6, 6.07) is 22.5. The van der Waals surface area contributed by atoms with Gasteiger partial charge in [-0.15, -0.1) is 0 Å². The van der Waals surface area contributed by atoms with Crippen LogP contribution in [0.15, 0.2) is 92.4 Å². The van der Waals surface area contributed by atoms with Crippen molar-refractivity contribution in [2.24, 2.45) is 4.99 Å². The molecular weight excluding hydrogens is 538 g/mol. The van der Waals surface area contributed by atoms with E-state index >= 15 is 0 Å². The van der Waals surface area contributed by atoms with Gasteiger partial charge in [0.15, 0.2) is 11.6 Å². The Morgan fingerprint density at radius 1 is 1.03 bits per heavy atom. The molecule has 0 saturated carbocycles. The van der Waals surface area contributed by atoms with Crippen LogP contribution >= 0.6 is 31.9 Å². The van der Waals surface area contributed by atoms with Gasteiger partial charge in [-0.2, -0.15) is 0 Å². The zero-order valence-electron chi connectivity index (χ0n) is 16.9. The zero-order valence-corrected chi connectivity index (χ0v) is 20.1. The molecule has 8 heteroatoms. The second kappa shape index (κ2) is 9.50. The molecule has 1 aliphatic rings. The molecule has 0 saturated heterocycles. The highest BCUT2D eigenvalue weighted by Gasteiger charge is 2.27. The number of amidine groups is 1. The molecule has 0 aliphatic carbocycles. The van der Waals surface area contributed by atoms with Crippen LogP contribution in [-0.4, -0.2) is 17.7 Å². The fraction of sp³-hybridized carbons (Fsp3) is 0.0417. The van der Waals surface area contributed by atoms with Crippen molar-refractivity contribution in [2.75, 3.05) is 5.01 Å². The van der Waals surface area contributed by atoms with Crippen molar-refractivity contribution >= 4 is 61.3 Å². The summed E-state index contributed by atoms with van der Waals surface area (Å²) in [5, 5.41) is 1.65. The topological polar surface area (TPSA) is 71.0 Å². The van der Waals surface area contributed by atoms with Gasteiger partial charge in [0.1, 0.15) is 5.70 Å². The number of carbonyl (C=O) groups is 2. The monoisotopic (exact) mass is 553 g/mol. The van der Waals surface area contributed by atoms with Crippen LogP contribution in [-0.2, 0) is 9.59 Å². The number of hydrazine groups is 1. The van der Waals surface area contributed by atoms with E-state index in [2.05, 4.69) is 42.3 Å². The average molecular weight is 555 g/mol. The number of hydrogen-bond acceptors (Lipinski definition) is 5.